The molecule has 0 saturated carbocycles. The van der Waals surface area contributed by atoms with Gasteiger partial charge in [0.25, 0.3) is 0 Å². The van der Waals surface area contributed by atoms with E-state index in [-0.39, 0.29) is 11.2 Å². The first kappa shape index (κ1) is 13.7. The number of rotatable bonds is 2. The predicted octanol–water partition coefficient (Wildman–Crippen LogP) is 2.75. The highest BCUT2D eigenvalue weighted by Gasteiger charge is 2.39. The minimum Gasteiger partial charge on any atom is -0.375 e. The number of nitrogens with one attached hydrogen (secondary N) is 1. The van der Waals surface area contributed by atoms with Gasteiger partial charge in [0.2, 0.25) is 0 Å². The largest absolute Gasteiger partial charge is 0.375 e. The fraction of sp³-hybridized carbons (Fsp3) is 1.00. The van der Waals surface area contributed by atoms with Crippen molar-refractivity contribution in [3.63, 3.8) is 0 Å². The Balaban J connectivity index is 1.84. The SMILES string of the molecule is CC(C)(C)ONC1CCOC2(CCSCC2)C1. The first-order valence-electron chi connectivity index (χ1n) is 6.64. The van der Waals surface area contributed by atoms with Gasteiger partial charge < -0.3 is 4.74 Å². The highest BCUT2D eigenvalue weighted by atomic mass is 32.2. The van der Waals surface area contributed by atoms with Crippen LogP contribution >= 0.6 is 11.8 Å². The molecular weight excluding hydrogens is 234 g/mol. The lowest BCUT2D eigenvalue weighted by Gasteiger charge is -2.43. The first-order valence-corrected chi connectivity index (χ1v) is 7.80. The van der Waals surface area contributed by atoms with E-state index in [0.29, 0.717) is 6.04 Å². The fourth-order valence-corrected chi connectivity index (χ4v) is 3.72. The minimum absolute atomic E-state index is 0.117. The molecule has 0 amide bonds. The molecule has 2 rings (SSSR count). The molecule has 1 unspecified atom stereocenters. The smallest absolute Gasteiger partial charge is 0.0813 e. The van der Waals surface area contributed by atoms with E-state index < -0.39 is 0 Å². The monoisotopic (exact) mass is 259 g/mol. The van der Waals surface area contributed by atoms with Gasteiger partial charge in [0.15, 0.2) is 0 Å². The lowest BCUT2D eigenvalue weighted by atomic mass is 9.86. The van der Waals surface area contributed by atoms with Crippen LogP contribution in [0.3, 0.4) is 0 Å². The molecule has 0 aromatic rings. The molecule has 17 heavy (non-hydrogen) atoms. The Hall–Kier alpha value is 0.230. The van der Waals surface area contributed by atoms with Crippen LogP contribution < -0.4 is 5.48 Å². The number of ether oxygens (including phenoxy) is 1. The molecule has 2 fully saturated rings. The highest BCUT2D eigenvalue weighted by Crippen LogP contribution is 2.37. The molecule has 2 aliphatic heterocycles. The summed E-state index contributed by atoms with van der Waals surface area (Å²) >= 11 is 2.05. The van der Waals surface area contributed by atoms with Crippen LogP contribution in [0.4, 0.5) is 0 Å². The van der Waals surface area contributed by atoms with Gasteiger partial charge in [-0.2, -0.15) is 17.2 Å². The average molecular weight is 259 g/mol. The van der Waals surface area contributed by atoms with Crippen molar-refractivity contribution in [2.75, 3.05) is 18.1 Å². The third-order valence-corrected chi connectivity index (χ3v) is 4.41. The van der Waals surface area contributed by atoms with Crippen LogP contribution in [0.25, 0.3) is 0 Å². The summed E-state index contributed by atoms with van der Waals surface area (Å²) in [5.41, 5.74) is 3.27. The van der Waals surface area contributed by atoms with Crippen LogP contribution in [0.2, 0.25) is 0 Å². The van der Waals surface area contributed by atoms with Crippen molar-refractivity contribution in [3.8, 4) is 0 Å². The molecule has 0 radical (unpaired) electrons. The van der Waals surface area contributed by atoms with E-state index in [2.05, 4.69) is 26.3 Å². The van der Waals surface area contributed by atoms with Crippen LogP contribution in [-0.2, 0) is 9.57 Å². The van der Waals surface area contributed by atoms with Gasteiger partial charge >= 0.3 is 0 Å². The molecule has 1 N–H and O–H groups in total. The second-order valence-corrected chi connectivity index (χ2v) is 7.39. The first-order chi connectivity index (χ1) is 7.99. The molecule has 2 heterocycles. The Bertz CT molecular complexity index is 241. The van der Waals surface area contributed by atoms with E-state index in [1.165, 1.54) is 24.3 Å². The zero-order valence-electron chi connectivity index (χ0n) is 11.3. The van der Waals surface area contributed by atoms with E-state index in [4.69, 9.17) is 9.57 Å². The van der Waals surface area contributed by atoms with Gasteiger partial charge in [0.1, 0.15) is 0 Å². The molecule has 100 valence electrons. The Morgan fingerprint density at radius 1 is 1.29 bits per heavy atom. The number of hydrogen-bond acceptors (Lipinski definition) is 4. The maximum absolute atomic E-state index is 6.06. The zero-order chi connectivity index (χ0) is 12.4. The summed E-state index contributed by atoms with van der Waals surface area (Å²) in [7, 11) is 0. The van der Waals surface area contributed by atoms with Crippen molar-refractivity contribution in [2.45, 2.75) is 63.7 Å². The summed E-state index contributed by atoms with van der Waals surface area (Å²) in [6.45, 7) is 7.10. The van der Waals surface area contributed by atoms with E-state index in [1.54, 1.807) is 0 Å². The summed E-state index contributed by atoms with van der Waals surface area (Å²) in [6.07, 6.45) is 4.56. The minimum atomic E-state index is -0.117. The number of hydrogen-bond donors (Lipinski definition) is 1. The van der Waals surface area contributed by atoms with Gasteiger partial charge in [-0.05, 0) is 58.0 Å². The van der Waals surface area contributed by atoms with Crippen molar-refractivity contribution in [1.29, 1.82) is 0 Å². The van der Waals surface area contributed by atoms with Crippen molar-refractivity contribution in [3.05, 3.63) is 0 Å². The summed E-state index contributed by atoms with van der Waals surface area (Å²) in [6, 6.07) is 0.450. The Labute approximate surface area is 109 Å². The lowest BCUT2D eigenvalue weighted by Crippen LogP contribution is -2.50. The standard InChI is InChI=1S/C13H25NO2S/c1-12(2,3)16-14-11-4-7-15-13(10-11)5-8-17-9-6-13/h11,14H,4-10H2,1-3H3. The third-order valence-electron chi connectivity index (χ3n) is 3.43. The van der Waals surface area contributed by atoms with Gasteiger partial charge in [0.05, 0.1) is 11.2 Å². The maximum atomic E-state index is 6.06. The Morgan fingerprint density at radius 3 is 2.65 bits per heavy atom. The maximum Gasteiger partial charge on any atom is 0.0813 e. The lowest BCUT2D eigenvalue weighted by molar-refractivity contribution is -0.142. The van der Waals surface area contributed by atoms with Crippen LogP contribution in [0.15, 0.2) is 0 Å². The van der Waals surface area contributed by atoms with Crippen molar-refractivity contribution < 1.29 is 9.57 Å². The highest BCUT2D eigenvalue weighted by molar-refractivity contribution is 7.99. The van der Waals surface area contributed by atoms with Gasteiger partial charge in [-0.1, -0.05) is 0 Å². The molecule has 1 spiro atoms. The predicted molar refractivity (Wildman–Crippen MR) is 72.2 cm³/mol. The van der Waals surface area contributed by atoms with Crippen LogP contribution in [0.1, 0.15) is 46.5 Å². The second kappa shape index (κ2) is 5.47. The van der Waals surface area contributed by atoms with Crippen LogP contribution in [0.5, 0.6) is 0 Å². The second-order valence-electron chi connectivity index (χ2n) is 6.17. The average Bonchev–Trinajstić information content (AvgIpc) is 2.27. The molecule has 1 atom stereocenters. The van der Waals surface area contributed by atoms with Crippen LogP contribution in [0, 0.1) is 0 Å². The molecule has 0 bridgehead atoms. The molecular formula is C13H25NO2S. The van der Waals surface area contributed by atoms with E-state index in [1.807, 2.05) is 11.8 Å². The molecule has 0 aliphatic carbocycles. The van der Waals surface area contributed by atoms with Gasteiger partial charge in [-0.15, -0.1) is 0 Å². The van der Waals surface area contributed by atoms with E-state index in [9.17, 15) is 0 Å². The van der Waals surface area contributed by atoms with E-state index in [0.717, 1.165) is 19.4 Å². The van der Waals surface area contributed by atoms with Crippen molar-refractivity contribution in [1.82, 2.24) is 5.48 Å². The Kier molecular flexibility index (Phi) is 4.40. The molecule has 0 aromatic heterocycles. The summed E-state index contributed by atoms with van der Waals surface area (Å²) in [4.78, 5) is 5.69. The Morgan fingerprint density at radius 2 is 2.00 bits per heavy atom. The van der Waals surface area contributed by atoms with E-state index >= 15 is 0 Å². The van der Waals surface area contributed by atoms with Crippen molar-refractivity contribution >= 4 is 11.8 Å². The number of hydroxylamine groups is 1. The quantitative estimate of drug-likeness (QED) is 0.773. The van der Waals surface area contributed by atoms with Gasteiger partial charge in [0, 0.05) is 12.6 Å². The summed E-state index contributed by atoms with van der Waals surface area (Å²) < 4.78 is 6.06. The molecule has 2 aliphatic rings. The zero-order valence-corrected chi connectivity index (χ0v) is 12.1. The molecule has 2 saturated heterocycles. The van der Waals surface area contributed by atoms with Crippen molar-refractivity contribution in [2.24, 2.45) is 0 Å². The molecule has 4 heteroatoms. The molecule has 0 aromatic carbocycles. The fourth-order valence-electron chi connectivity index (χ4n) is 2.48. The van der Waals surface area contributed by atoms with Gasteiger partial charge in [-0.3, -0.25) is 4.84 Å². The third kappa shape index (κ3) is 4.12. The summed E-state index contributed by atoms with van der Waals surface area (Å²) in [5.74, 6) is 2.49. The summed E-state index contributed by atoms with van der Waals surface area (Å²) in [5, 5.41) is 0. The molecule has 3 nitrogen and oxygen atoms in total. The van der Waals surface area contributed by atoms with Gasteiger partial charge in [-0.25, -0.2) is 0 Å². The topological polar surface area (TPSA) is 30.5 Å². The number of thioether (sulfide) groups is 1. The normalized spacial score (nSPS) is 29.5. The van der Waals surface area contributed by atoms with Crippen LogP contribution in [-0.4, -0.2) is 35.4 Å².